The van der Waals surface area contributed by atoms with Gasteiger partial charge in [0.15, 0.2) is 0 Å². The van der Waals surface area contributed by atoms with E-state index in [1.807, 2.05) is 33.9 Å². The molecule has 0 N–H and O–H groups in total. The van der Waals surface area contributed by atoms with Crippen LogP contribution >= 0.6 is 15.9 Å². The molecule has 0 aliphatic carbocycles. The first kappa shape index (κ1) is 19.0. The van der Waals surface area contributed by atoms with Crippen LogP contribution in [0.15, 0.2) is 41.0 Å². The van der Waals surface area contributed by atoms with Crippen LogP contribution in [-0.2, 0) is 13.0 Å². The van der Waals surface area contributed by atoms with Gasteiger partial charge in [-0.3, -0.25) is 4.79 Å². The maximum absolute atomic E-state index is 12.8. The molecular weight excluding hydrogens is 392 g/mol. The summed E-state index contributed by atoms with van der Waals surface area (Å²) in [4.78, 5) is 14.8. The SMILES string of the molecule is CCn1cc(Br)cc1C(=O)N1CCC(CCc2ccc(OC)cc2)CC1. The Morgan fingerprint density at radius 1 is 1.23 bits per heavy atom. The molecule has 1 aromatic carbocycles. The monoisotopic (exact) mass is 418 g/mol. The molecule has 3 rings (SSSR count). The molecule has 26 heavy (non-hydrogen) atoms. The second-order valence-electron chi connectivity index (χ2n) is 6.95. The fraction of sp³-hybridized carbons (Fsp3) is 0.476. The fourth-order valence-electron chi connectivity index (χ4n) is 3.67. The van der Waals surface area contributed by atoms with E-state index in [-0.39, 0.29) is 5.91 Å². The number of nitrogens with zero attached hydrogens (tertiary/aromatic N) is 2. The summed E-state index contributed by atoms with van der Waals surface area (Å²) >= 11 is 3.48. The first-order valence-corrected chi connectivity index (χ1v) is 10.2. The van der Waals surface area contributed by atoms with E-state index in [0.717, 1.165) is 54.8 Å². The van der Waals surface area contributed by atoms with Crippen LogP contribution in [0.1, 0.15) is 42.2 Å². The van der Waals surface area contributed by atoms with E-state index in [9.17, 15) is 4.79 Å². The predicted octanol–water partition coefficient (Wildman–Crippen LogP) is 4.76. The standard InChI is InChI=1S/C21H27BrN2O2/c1-3-23-15-18(22)14-20(23)21(25)24-12-10-17(11-13-24)5-4-16-6-8-19(26-2)9-7-16/h6-9,14-15,17H,3-5,10-13H2,1-2H3. The van der Waals surface area contributed by atoms with Crippen LogP contribution in [0.5, 0.6) is 5.75 Å². The van der Waals surface area contributed by atoms with E-state index >= 15 is 0 Å². The third-order valence-electron chi connectivity index (χ3n) is 5.33. The first-order valence-electron chi connectivity index (χ1n) is 9.38. The zero-order valence-corrected chi connectivity index (χ0v) is 17.2. The maximum Gasteiger partial charge on any atom is 0.270 e. The Morgan fingerprint density at radius 3 is 2.54 bits per heavy atom. The average Bonchev–Trinajstić information content (AvgIpc) is 3.07. The molecule has 2 aromatic rings. The van der Waals surface area contributed by atoms with Gasteiger partial charge >= 0.3 is 0 Å². The van der Waals surface area contributed by atoms with Crippen LogP contribution in [0.2, 0.25) is 0 Å². The molecule has 4 nitrogen and oxygen atoms in total. The van der Waals surface area contributed by atoms with Crippen LogP contribution in [0.3, 0.4) is 0 Å². The molecule has 0 radical (unpaired) electrons. The largest absolute Gasteiger partial charge is 0.497 e. The second-order valence-corrected chi connectivity index (χ2v) is 7.87. The lowest BCUT2D eigenvalue weighted by Gasteiger charge is -2.32. The van der Waals surface area contributed by atoms with Crippen molar-refractivity contribution in [2.45, 2.75) is 39.2 Å². The molecule has 1 aliphatic rings. The number of rotatable bonds is 6. The van der Waals surface area contributed by atoms with Crippen molar-refractivity contribution >= 4 is 21.8 Å². The Hall–Kier alpha value is -1.75. The van der Waals surface area contributed by atoms with Crippen molar-refractivity contribution < 1.29 is 9.53 Å². The van der Waals surface area contributed by atoms with Gasteiger partial charge in [0.2, 0.25) is 0 Å². The highest BCUT2D eigenvalue weighted by molar-refractivity contribution is 9.10. The van der Waals surface area contributed by atoms with Gasteiger partial charge < -0.3 is 14.2 Å². The second kappa shape index (κ2) is 8.76. The van der Waals surface area contributed by atoms with Crippen LogP contribution < -0.4 is 4.74 Å². The molecule has 1 aromatic heterocycles. The zero-order chi connectivity index (χ0) is 18.5. The Kier molecular flexibility index (Phi) is 6.41. The number of amides is 1. The van der Waals surface area contributed by atoms with E-state index < -0.39 is 0 Å². The van der Waals surface area contributed by atoms with Gasteiger partial charge in [-0.25, -0.2) is 0 Å². The summed E-state index contributed by atoms with van der Waals surface area (Å²) < 4.78 is 8.20. The number of ether oxygens (including phenoxy) is 1. The number of halogens is 1. The normalized spacial score (nSPS) is 15.3. The molecule has 2 heterocycles. The molecule has 5 heteroatoms. The summed E-state index contributed by atoms with van der Waals surface area (Å²) in [5.74, 6) is 1.76. The van der Waals surface area contributed by atoms with Crippen molar-refractivity contribution in [3.63, 3.8) is 0 Å². The minimum atomic E-state index is 0.158. The number of carbonyl (C=O) groups is 1. The quantitative estimate of drug-likeness (QED) is 0.677. The smallest absolute Gasteiger partial charge is 0.270 e. The van der Waals surface area contributed by atoms with Gasteiger partial charge in [-0.1, -0.05) is 12.1 Å². The molecule has 140 valence electrons. The Balaban J connectivity index is 1.49. The van der Waals surface area contributed by atoms with Gasteiger partial charge in [0.1, 0.15) is 11.4 Å². The number of carbonyl (C=O) groups excluding carboxylic acids is 1. The van der Waals surface area contributed by atoms with Crippen LogP contribution in [0.25, 0.3) is 0 Å². The molecule has 0 atom stereocenters. The third-order valence-corrected chi connectivity index (χ3v) is 5.76. The van der Waals surface area contributed by atoms with Crippen LogP contribution in [0.4, 0.5) is 0 Å². The number of hydrogen-bond acceptors (Lipinski definition) is 2. The van der Waals surface area contributed by atoms with Crippen molar-refractivity contribution in [3.05, 3.63) is 52.3 Å². The highest BCUT2D eigenvalue weighted by atomic mass is 79.9. The van der Waals surface area contributed by atoms with Crippen molar-refractivity contribution in [2.75, 3.05) is 20.2 Å². The van der Waals surface area contributed by atoms with Crippen molar-refractivity contribution in [3.8, 4) is 5.75 Å². The first-order chi connectivity index (χ1) is 12.6. The van der Waals surface area contributed by atoms with Gasteiger partial charge in [-0.2, -0.15) is 0 Å². The molecule has 1 saturated heterocycles. The summed E-state index contributed by atoms with van der Waals surface area (Å²) in [5.41, 5.74) is 2.14. The molecule has 1 fully saturated rings. The topological polar surface area (TPSA) is 34.5 Å². The highest BCUT2D eigenvalue weighted by Gasteiger charge is 2.25. The lowest BCUT2D eigenvalue weighted by molar-refractivity contribution is 0.0676. The number of piperidine rings is 1. The summed E-state index contributed by atoms with van der Waals surface area (Å²) in [5, 5.41) is 0. The van der Waals surface area contributed by atoms with E-state index in [1.54, 1.807) is 7.11 Å². The molecule has 0 spiro atoms. The molecule has 1 aliphatic heterocycles. The van der Waals surface area contributed by atoms with E-state index in [4.69, 9.17) is 4.74 Å². The minimum absolute atomic E-state index is 0.158. The Labute approximate surface area is 164 Å². The van der Waals surface area contributed by atoms with E-state index in [2.05, 4.69) is 35.0 Å². The maximum atomic E-state index is 12.8. The summed E-state index contributed by atoms with van der Waals surface area (Å²) in [7, 11) is 1.69. The lowest BCUT2D eigenvalue weighted by atomic mass is 9.90. The minimum Gasteiger partial charge on any atom is -0.497 e. The zero-order valence-electron chi connectivity index (χ0n) is 15.6. The molecule has 0 unspecified atom stereocenters. The van der Waals surface area contributed by atoms with E-state index in [1.165, 1.54) is 12.0 Å². The number of benzene rings is 1. The molecule has 1 amide bonds. The molecule has 0 bridgehead atoms. The van der Waals surface area contributed by atoms with Crippen LogP contribution in [-0.4, -0.2) is 35.6 Å². The van der Waals surface area contributed by atoms with Gasteiger partial charge in [-0.05, 0) is 78.2 Å². The molecule has 0 saturated carbocycles. The lowest BCUT2D eigenvalue weighted by Crippen LogP contribution is -2.39. The van der Waals surface area contributed by atoms with Crippen molar-refractivity contribution in [1.29, 1.82) is 0 Å². The van der Waals surface area contributed by atoms with Crippen molar-refractivity contribution in [2.24, 2.45) is 5.92 Å². The third kappa shape index (κ3) is 4.50. The van der Waals surface area contributed by atoms with Gasteiger partial charge in [0, 0.05) is 30.3 Å². The summed E-state index contributed by atoms with van der Waals surface area (Å²) in [6.45, 7) is 4.59. The number of aromatic nitrogens is 1. The van der Waals surface area contributed by atoms with Gasteiger partial charge in [0.25, 0.3) is 5.91 Å². The number of likely N-dealkylation sites (tertiary alicyclic amines) is 1. The van der Waals surface area contributed by atoms with E-state index in [0.29, 0.717) is 5.92 Å². The van der Waals surface area contributed by atoms with Gasteiger partial charge in [-0.15, -0.1) is 0 Å². The number of methoxy groups -OCH3 is 1. The highest BCUT2D eigenvalue weighted by Crippen LogP contribution is 2.25. The van der Waals surface area contributed by atoms with Crippen LogP contribution in [0, 0.1) is 5.92 Å². The summed E-state index contributed by atoms with van der Waals surface area (Å²) in [6.07, 6.45) is 6.44. The van der Waals surface area contributed by atoms with Gasteiger partial charge in [0.05, 0.1) is 7.11 Å². The number of hydrogen-bond donors (Lipinski definition) is 0. The Bertz CT molecular complexity index is 731. The number of aryl methyl sites for hydroxylation is 2. The molecular formula is C21H27BrN2O2. The van der Waals surface area contributed by atoms with Crippen molar-refractivity contribution in [1.82, 2.24) is 9.47 Å². The Morgan fingerprint density at radius 2 is 1.92 bits per heavy atom. The summed E-state index contributed by atoms with van der Waals surface area (Å²) in [6, 6.07) is 10.3. The predicted molar refractivity (Wildman–Crippen MR) is 108 cm³/mol. The fourth-order valence-corrected chi connectivity index (χ4v) is 4.13. The average molecular weight is 419 g/mol.